The van der Waals surface area contributed by atoms with Crippen molar-refractivity contribution in [2.45, 2.75) is 162 Å². The van der Waals surface area contributed by atoms with Crippen molar-refractivity contribution in [2.24, 2.45) is 17.3 Å². The van der Waals surface area contributed by atoms with Crippen molar-refractivity contribution in [2.75, 3.05) is 11.9 Å². The molecule has 1 saturated carbocycles. The van der Waals surface area contributed by atoms with E-state index in [9.17, 15) is 24.4 Å². The molecule has 15 nitrogen and oxygen atoms in total. The average Bonchev–Trinajstić information content (AvgIpc) is 3.65. The fraction of sp³-hybridized carbons (Fsp3) is 0.725. The highest BCUT2D eigenvalue weighted by atomic mass is 28.4. The van der Waals surface area contributed by atoms with Gasteiger partial charge < -0.3 is 34.0 Å². The number of esters is 2. The fourth-order valence-corrected chi connectivity index (χ4v) is 8.32. The molecule has 2 amide bonds. The molecule has 4 rings (SSSR count). The maximum atomic E-state index is 14.3. The summed E-state index contributed by atoms with van der Waals surface area (Å²) in [5.41, 5.74) is -3.00. The Bertz CT molecular complexity index is 1750. The van der Waals surface area contributed by atoms with Crippen LogP contribution in [0.15, 0.2) is 18.5 Å². The van der Waals surface area contributed by atoms with Gasteiger partial charge in [-0.15, -0.1) is 0 Å². The SMILES string of the molecule is CCC(CC)C(=O)Nc1ncnn2c([C@]3(C#N)O[C@H](COC(=O)CC4CCCCC4)[C@@H](OC(=O)[C@H](NC(=O)OC(C)(C)C)C(C)(C)C)[C@H]3O[Si](C)(C)C)ccc12. The van der Waals surface area contributed by atoms with Crippen LogP contribution in [0.2, 0.25) is 19.6 Å². The van der Waals surface area contributed by atoms with Gasteiger partial charge in [-0.05, 0) is 89.6 Å². The lowest BCUT2D eigenvalue weighted by molar-refractivity contribution is -0.164. The topological polar surface area (TPSA) is 192 Å². The first-order chi connectivity index (χ1) is 26.1. The molecule has 16 heteroatoms. The number of amides is 2. The summed E-state index contributed by atoms with van der Waals surface area (Å²) in [5.74, 6) is -1.19. The molecule has 5 atom stereocenters. The van der Waals surface area contributed by atoms with Gasteiger partial charge in [-0.2, -0.15) is 10.4 Å². The summed E-state index contributed by atoms with van der Waals surface area (Å²) in [7, 11) is -2.59. The Labute approximate surface area is 332 Å². The minimum atomic E-state index is -2.59. The van der Waals surface area contributed by atoms with Gasteiger partial charge in [-0.1, -0.05) is 53.9 Å². The van der Waals surface area contributed by atoms with E-state index in [4.69, 9.17) is 23.4 Å². The molecule has 310 valence electrons. The van der Waals surface area contributed by atoms with Gasteiger partial charge in [0.15, 0.2) is 20.2 Å². The minimum Gasteiger partial charge on any atom is -0.463 e. The fourth-order valence-electron chi connectivity index (χ4n) is 7.26. The average molecular weight is 799 g/mol. The molecule has 2 aliphatic rings. The Morgan fingerprint density at radius 1 is 1.05 bits per heavy atom. The van der Waals surface area contributed by atoms with Crippen molar-refractivity contribution in [3.63, 3.8) is 0 Å². The second kappa shape index (κ2) is 18.0. The molecule has 1 aliphatic heterocycles. The molecule has 3 heterocycles. The second-order valence-corrected chi connectivity index (χ2v) is 22.5. The number of nitrogens with zero attached hydrogens (tertiary/aromatic N) is 4. The Kier molecular flexibility index (Phi) is 14.4. The van der Waals surface area contributed by atoms with E-state index in [0.29, 0.717) is 18.4 Å². The van der Waals surface area contributed by atoms with E-state index < -0.39 is 67.3 Å². The standard InChI is InChI=1S/C40H62N6O9Si/c1-12-26(13-2)35(48)45-34-27-19-20-29(46(27)43-24-42-34)40(23-41)33(55-56(9,10)11)31(28(53-40)22-51-30(47)21-25-17-15-14-16-18-25)52-36(49)32(38(3,4)5)44-37(50)54-39(6,7)8/h19-20,24-26,28,31-33H,12-18,21-22H2,1-11H3,(H,44,50)(H,42,43,45,48)/t28-,31-,32+,33-,40+/m1/s1. The zero-order valence-electron chi connectivity index (χ0n) is 35.0. The first kappa shape index (κ1) is 44.6. The van der Waals surface area contributed by atoms with Crippen LogP contribution in [0.25, 0.3) is 5.52 Å². The first-order valence-corrected chi connectivity index (χ1v) is 23.3. The predicted molar refractivity (Wildman–Crippen MR) is 211 cm³/mol. The summed E-state index contributed by atoms with van der Waals surface area (Å²) in [6.07, 6.45) is 3.45. The monoisotopic (exact) mass is 798 g/mol. The lowest BCUT2D eigenvalue weighted by atomic mass is 9.86. The molecule has 2 fully saturated rings. The zero-order valence-corrected chi connectivity index (χ0v) is 36.0. The van der Waals surface area contributed by atoms with E-state index in [1.807, 2.05) is 33.5 Å². The number of carbonyl (C=O) groups is 4. The predicted octanol–water partition coefficient (Wildman–Crippen LogP) is 6.81. The maximum Gasteiger partial charge on any atom is 0.408 e. The van der Waals surface area contributed by atoms with Crippen LogP contribution in [-0.2, 0) is 43.4 Å². The Morgan fingerprint density at radius 3 is 2.29 bits per heavy atom. The number of carbonyl (C=O) groups excluding carboxylic acids is 4. The molecule has 0 unspecified atom stereocenters. The number of rotatable bonds is 14. The number of hydrogen-bond donors (Lipinski definition) is 2. The number of fused-ring (bicyclic) bond motifs is 1. The third-order valence-electron chi connectivity index (χ3n) is 10.1. The third kappa shape index (κ3) is 11.1. The highest BCUT2D eigenvalue weighted by Crippen LogP contribution is 2.45. The van der Waals surface area contributed by atoms with E-state index in [-0.39, 0.29) is 42.3 Å². The molecule has 2 N–H and O–H groups in total. The minimum absolute atomic E-state index is 0.194. The molecule has 2 aromatic rings. The summed E-state index contributed by atoms with van der Waals surface area (Å²) in [4.78, 5) is 58.0. The van der Waals surface area contributed by atoms with E-state index in [2.05, 4.69) is 26.8 Å². The Morgan fingerprint density at radius 2 is 1.71 bits per heavy atom. The van der Waals surface area contributed by atoms with Crippen LogP contribution in [0, 0.1) is 28.6 Å². The number of ether oxygens (including phenoxy) is 4. The van der Waals surface area contributed by atoms with Gasteiger partial charge in [0, 0.05) is 12.3 Å². The van der Waals surface area contributed by atoms with Crippen molar-refractivity contribution in [1.29, 1.82) is 5.26 Å². The van der Waals surface area contributed by atoms with Crippen LogP contribution in [-0.4, -0.2) is 83.4 Å². The van der Waals surface area contributed by atoms with Crippen LogP contribution in [0.3, 0.4) is 0 Å². The van der Waals surface area contributed by atoms with Gasteiger partial charge in [0.1, 0.15) is 48.4 Å². The van der Waals surface area contributed by atoms with Gasteiger partial charge in [-0.3, -0.25) is 9.59 Å². The van der Waals surface area contributed by atoms with E-state index >= 15 is 0 Å². The second-order valence-electron chi connectivity index (χ2n) is 18.0. The van der Waals surface area contributed by atoms with Crippen LogP contribution in [0.5, 0.6) is 0 Å². The normalized spacial score (nSPS) is 22.7. The first-order valence-electron chi connectivity index (χ1n) is 19.9. The van der Waals surface area contributed by atoms with Gasteiger partial charge in [0.05, 0.1) is 5.69 Å². The number of anilines is 1. The molecule has 0 aromatic carbocycles. The van der Waals surface area contributed by atoms with Gasteiger partial charge >= 0.3 is 18.0 Å². The summed E-state index contributed by atoms with van der Waals surface area (Å²) < 4.78 is 32.5. The van der Waals surface area contributed by atoms with Crippen molar-refractivity contribution < 1.29 is 42.6 Å². The van der Waals surface area contributed by atoms with Gasteiger partial charge in [0.25, 0.3) is 0 Å². The zero-order chi connectivity index (χ0) is 41.6. The molecule has 56 heavy (non-hydrogen) atoms. The van der Waals surface area contributed by atoms with Crippen LogP contribution < -0.4 is 10.6 Å². The molecule has 0 bridgehead atoms. The molecule has 1 saturated heterocycles. The molecule has 1 aliphatic carbocycles. The number of aromatic nitrogens is 3. The van der Waals surface area contributed by atoms with Crippen LogP contribution in [0.4, 0.5) is 10.6 Å². The summed E-state index contributed by atoms with van der Waals surface area (Å²) in [5, 5.41) is 21.2. The summed E-state index contributed by atoms with van der Waals surface area (Å²) >= 11 is 0. The number of nitriles is 1. The highest BCUT2D eigenvalue weighted by Gasteiger charge is 2.62. The lowest BCUT2D eigenvalue weighted by Gasteiger charge is -2.35. The van der Waals surface area contributed by atoms with Crippen molar-refractivity contribution in [3.05, 3.63) is 24.2 Å². The summed E-state index contributed by atoms with van der Waals surface area (Å²) in [6.45, 7) is 19.8. The number of alkyl carbamates (subject to hydrolysis) is 1. The van der Waals surface area contributed by atoms with E-state index in [1.165, 1.54) is 10.8 Å². The third-order valence-corrected chi connectivity index (χ3v) is 11.0. The van der Waals surface area contributed by atoms with E-state index in [0.717, 1.165) is 32.1 Å². The maximum absolute atomic E-state index is 14.3. The van der Waals surface area contributed by atoms with E-state index in [1.54, 1.807) is 53.7 Å². The molecular weight excluding hydrogens is 737 g/mol. The van der Waals surface area contributed by atoms with Gasteiger partial charge in [0.2, 0.25) is 11.5 Å². The van der Waals surface area contributed by atoms with Crippen molar-refractivity contribution >= 4 is 43.6 Å². The summed E-state index contributed by atoms with van der Waals surface area (Å²) in [6, 6.07) is 4.44. The van der Waals surface area contributed by atoms with Gasteiger partial charge in [-0.25, -0.2) is 19.1 Å². The lowest BCUT2D eigenvalue weighted by Crippen LogP contribution is -2.55. The largest absolute Gasteiger partial charge is 0.463 e. The smallest absolute Gasteiger partial charge is 0.408 e. The quantitative estimate of drug-likeness (QED) is 0.116. The Balaban J connectivity index is 1.79. The molecule has 2 aromatic heterocycles. The molecule has 0 radical (unpaired) electrons. The van der Waals surface area contributed by atoms with Crippen molar-refractivity contribution in [3.8, 4) is 6.07 Å². The molecular formula is C40H62N6O9Si. The number of hydrogen-bond acceptors (Lipinski definition) is 12. The molecule has 0 spiro atoms. The van der Waals surface area contributed by atoms with Crippen LogP contribution >= 0.6 is 0 Å². The van der Waals surface area contributed by atoms with Crippen molar-refractivity contribution in [1.82, 2.24) is 19.9 Å². The Hall–Kier alpha value is -4.07. The van der Waals surface area contributed by atoms with Crippen LogP contribution in [0.1, 0.15) is 112 Å². The number of nitrogens with one attached hydrogen (secondary N) is 2. The highest BCUT2D eigenvalue weighted by molar-refractivity contribution is 6.69.